The number of rotatable bonds is 5. The van der Waals surface area contributed by atoms with Gasteiger partial charge in [-0.15, -0.1) is 0 Å². The van der Waals surface area contributed by atoms with Gasteiger partial charge in [0, 0.05) is 25.2 Å². The Bertz CT molecular complexity index is 988. The minimum atomic E-state index is -0.835. The van der Waals surface area contributed by atoms with E-state index in [0.29, 0.717) is 17.0 Å². The number of hydrogen-bond acceptors (Lipinski definition) is 5. The van der Waals surface area contributed by atoms with Crippen LogP contribution in [0.1, 0.15) is 42.3 Å². The average molecular weight is 390 g/mol. The molecular weight excluding hydrogens is 364 g/mol. The van der Waals surface area contributed by atoms with Crippen molar-refractivity contribution < 1.29 is 9.59 Å². The first-order valence-corrected chi connectivity index (χ1v) is 9.59. The van der Waals surface area contributed by atoms with Gasteiger partial charge in [-0.1, -0.05) is 24.3 Å². The summed E-state index contributed by atoms with van der Waals surface area (Å²) in [5.41, 5.74) is 3.60. The second-order valence-electron chi connectivity index (χ2n) is 8.10. The first-order valence-electron chi connectivity index (χ1n) is 9.59. The molecule has 0 saturated heterocycles. The fourth-order valence-electron chi connectivity index (χ4n) is 3.38. The summed E-state index contributed by atoms with van der Waals surface area (Å²) < 4.78 is 0. The summed E-state index contributed by atoms with van der Waals surface area (Å²) in [6.07, 6.45) is 0.805. The molecule has 0 spiro atoms. The Hall–Kier alpha value is -3.15. The van der Waals surface area contributed by atoms with Gasteiger partial charge in [0.05, 0.1) is 16.9 Å². The number of nitrogens with zero attached hydrogens (tertiary/aromatic N) is 4. The number of carbonyl (C=O) groups is 2. The number of azo groups is 1. The van der Waals surface area contributed by atoms with Gasteiger partial charge in [0.15, 0.2) is 11.8 Å². The number of aliphatic imine (C=N–C) groups is 1. The van der Waals surface area contributed by atoms with E-state index in [-0.39, 0.29) is 17.2 Å². The number of ketones is 1. The fraction of sp³-hybridized carbons (Fsp3) is 0.348. The molecule has 1 aliphatic rings. The monoisotopic (exact) mass is 390 g/mol. The summed E-state index contributed by atoms with van der Waals surface area (Å²) in [5.74, 6) is -0.190. The largest absolute Gasteiger partial charge is 0.347 e. The fourth-order valence-corrected chi connectivity index (χ4v) is 3.38. The summed E-state index contributed by atoms with van der Waals surface area (Å²) in [4.78, 5) is 30.8. The molecule has 0 bridgehead atoms. The number of benzene rings is 2. The molecule has 6 heteroatoms. The highest BCUT2D eigenvalue weighted by molar-refractivity contribution is 6.17. The van der Waals surface area contributed by atoms with Crippen molar-refractivity contribution in [1.82, 2.24) is 4.90 Å². The quantitative estimate of drug-likeness (QED) is 0.565. The third-order valence-corrected chi connectivity index (χ3v) is 4.84. The number of carbonyl (C=O) groups excluding carboxylic acids is 2. The van der Waals surface area contributed by atoms with Crippen LogP contribution in [-0.2, 0) is 11.2 Å². The maximum Gasteiger partial charge on any atom is 0.255 e. The van der Waals surface area contributed by atoms with Crippen LogP contribution in [-0.4, -0.2) is 48.0 Å². The maximum absolute atomic E-state index is 13.0. The lowest BCUT2D eigenvalue weighted by atomic mass is 9.85. The molecule has 0 N–H and O–H groups in total. The van der Waals surface area contributed by atoms with Crippen molar-refractivity contribution in [1.29, 1.82) is 0 Å². The zero-order valence-electron chi connectivity index (χ0n) is 17.5. The Labute approximate surface area is 171 Å². The molecule has 2 aromatic carbocycles. The van der Waals surface area contributed by atoms with Crippen LogP contribution in [0.3, 0.4) is 0 Å². The molecule has 3 rings (SSSR count). The van der Waals surface area contributed by atoms with E-state index in [9.17, 15) is 9.59 Å². The van der Waals surface area contributed by atoms with Crippen LogP contribution in [0, 0.1) is 0 Å². The first kappa shape index (κ1) is 20.6. The van der Waals surface area contributed by atoms with E-state index in [1.54, 1.807) is 38.4 Å². The van der Waals surface area contributed by atoms with Crippen molar-refractivity contribution in [2.75, 3.05) is 14.1 Å². The van der Waals surface area contributed by atoms with Crippen LogP contribution in [0.5, 0.6) is 0 Å². The van der Waals surface area contributed by atoms with Crippen LogP contribution < -0.4 is 0 Å². The Morgan fingerprint density at radius 3 is 2.34 bits per heavy atom. The minimum absolute atomic E-state index is 0.00968. The van der Waals surface area contributed by atoms with Gasteiger partial charge >= 0.3 is 0 Å². The molecular formula is C23H26N4O2. The SMILES string of the molecule is CC(=O)c1ccc(N=NC(C(=O)N(C)C)C2=NC(C)(C)Cc3ccccc32)cc1. The van der Waals surface area contributed by atoms with Crippen LogP contribution in [0.4, 0.5) is 5.69 Å². The highest BCUT2D eigenvalue weighted by Crippen LogP contribution is 2.29. The van der Waals surface area contributed by atoms with Gasteiger partial charge in [-0.3, -0.25) is 14.6 Å². The topological polar surface area (TPSA) is 74.5 Å². The van der Waals surface area contributed by atoms with Gasteiger partial charge < -0.3 is 4.90 Å². The van der Waals surface area contributed by atoms with Crippen LogP contribution in [0.2, 0.25) is 0 Å². The highest BCUT2D eigenvalue weighted by Gasteiger charge is 2.34. The van der Waals surface area contributed by atoms with Crippen LogP contribution in [0.25, 0.3) is 0 Å². The van der Waals surface area contributed by atoms with Gasteiger partial charge in [0.2, 0.25) is 0 Å². The van der Waals surface area contributed by atoms with Gasteiger partial charge in [-0.05, 0) is 57.0 Å². The molecule has 6 nitrogen and oxygen atoms in total. The molecule has 1 aliphatic heterocycles. The normalized spacial score (nSPS) is 16.1. The van der Waals surface area contributed by atoms with Crippen molar-refractivity contribution in [2.45, 2.75) is 38.8 Å². The average Bonchev–Trinajstić information content (AvgIpc) is 2.67. The van der Waals surface area contributed by atoms with Crippen LogP contribution >= 0.6 is 0 Å². The Morgan fingerprint density at radius 1 is 1.07 bits per heavy atom. The molecule has 1 amide bonds. The second-order valence-corrected chi connectivity index (χ2v) is 8.10. The van der Waals surface area contributed by atoms with E-state index < -0.39 is 6.04 Å². The third kappa shape index (κ3) is 4.65. The zero-order valence-corrected chi connectivity index (χ0v) is 17.5. The van der Waals surface area contributed by atoms with Crippen LogP contribution in [0.15, 0.2) is 63.8 Å². The smallest absolute Gasteiger partial charge is 0.255 e. The van der Waals surface area contributed by atoms with Crippen molar-refractivity contribution in [3.05, 3.63) is 65.2 Å². The summed E-state index contributed by atoms with van der Waals surface area (Å²) >= 11 is 0. The minimum Gasteiger partial charge on any atom is -0.347 e. The first-order chi connectivity index (χ1) is 13.7. The van der Waals surface area contributed by atoms with Gasteiger partial charge in [-0.25, -0.2) is 0 Å². The van der Waals surface area contributed by atoms with E-state index in [1.165, 1.54) is 11.8 Å². The van der Waals surface area contributed by atoms with Gasteiger partial charge in [0.25, 0.3) is 5.91 Å². The number of likely N-dealkylation sites (N-methyl/N-ethyl adjacent to an activating group) is 1. The zero-order chi connectivity index (χ0) is 21.2. The molecule has 0 saturated carbocycles. The molecule has 1 heterocycles. The number of fused-ring (bicyclic) bond motifs is 1. The molecule has 1 unspecified atom stereocenters. The molecule has 2 aromatic rings. The molecule has 0 fully saturated rings. The lowest BCUT2D eigenvalue weighted by molar-refractivity contribution is -0.128. The summed E-state index contributed by atoms with van der Waals surface area (Å²) in [6.45, 7) is 5.62. The lowest BCUT2D eigenvalue weighted by Gasteiger charge is -2.31. The van der Waals surface area contributed by atoms with Crippen molar-refractivity contribution in [3.8, 4) is 0 Å². The molecule has 0 aromatic heterocycles. The Morgan fingerprint density at radius 2 is 1.72 bits per heavy atom. The predicted molar refractivity (Wildman–Crippen MR) is 114 cm³/mol. The maximum atomic E-state index is 13.0. The van der Waals surface area contributed by atoms with E-state index >= 15 is 0 Å². The lowest BCUT2D eigenvalue weighted by Crippen LogP contribution is -2.42. The van der Waals surface area contributed by atoms with E-state index in [0.717, 1.165) is 17.5 Å². The number of Topliss-reactive ketones (excluding diaryl/α,β-unsaturated/α-hetero) is 1. The molecule has 150 valence electrons. The number of hydrogen-bond donors (Lipinski definition) is 0. The Kier molecular flexibility index (Phi) is 5.73. The van der Waals surface area contributed by atoms with E-state index in [2.05, 4.69) is 30.1 Å². The van der Waals surface area contributed by atoms with Gasteiger partial charge in [0.1, 0.15) is 0 Å². The van der Waals surface area contributed by atoms with E-state index in [4.69, 9.17) is 4.99 Å². The highest BCUT2D eigenvalue weighted by atomic mass is 16.2. The summed E-state index contributed by atoms with van der Waals surface area (Å²) in [6, 6.07) is 14.0. The van der Waals surface area contributed by atoms with E-state index in [1.807, 2.05) is 18.2 Å². The molecule has 0 aliphatic carbocycles. The van der Waals surface area contributed by atoms with Crippen molar-refractivity contribution in [3.63, 3.8) is 0 Å². The summed E-state index contributed by atoms with van der Waals surface area (Å²) in [5, 5.41) is 8.69. The Balaban J connectivity index is 2.02. The molecule has 1 atom stereocenters. The molecule has 29 heavy (non-hydrogen) atoms. The van der Waals surface area contributed by atoms with Crippen molar-refractivity contribution >= 4 is 23.1 Å². The molecule has 0 radical (unpaired) electrons. The standard InChI is InChI=1S/C23H26N4O2/c1-15(28)16-10-12-18(13-11-16)25-26-21(22(29)27(4)5)20-19-9-7-6-8-17(19)14-23(2,3)24-20/h6-13,21H,14H2,1-5H3. The number of amides is 1. The predicted octanol–water partition coefficient (Wildman–Crippen LogP) is 4.25. The third-order valence-electron chi connectivity index (χ3n) is 4.84. The van der Waals surface area contributed by atoms with Crippen molar-refractivity contribution in [2.24, 2.45) is 15.2 Å². The second kappa shape index (κ2) is 8.07. The van der Waals surface area contributed by atoms with Gasteiger partial charge in [-0.2, -0.15) is 10.2 Å². The summed E-state index contributed by atoms with van der Waals surface area (Å²) in [7, 11) is 3.40.